The highest BCUT2D eigenvalue weighted by molar-refractivity contribution is 6.30. The van der Waals surface area contributed by atoms with Crippen molar-refractivity contribution < 1.29 is 9.53 Å². The van der Waals surface area contributed by atoms with Gasteiger partial charge in [0.25, 0.3) is 5.91 Å². The van der Waals surface area contributed by atoms with Crippen LogP contribution in [0.25, 0.3) is 0 Å². The van der Waals surface area contributed by atoms with Crippen molar-refractivity contribution in [3.8, 4) is 5.75 Å². The topological polar surface area (TPSA) is 81.3 Å². The number of hydrogen-bond donors (Lipinski definition) is 1. The number of rotatable bonds is 8. The van der Waals surface area contributed by atoms with E-state index in [0.717, 1.165) is 11.3 Å². The first-order valence-corrected chi connectivity index (χ1v) is 7.83. The number of carbonyl (C=O) groups excluding carboxylic acids is 1. The first-order chi connectivity index (χ1) is 11.5. The maximum absolute atomic E-state index is 11.1. The summed E-state index contributed by atoms with van der Waals surface area (Å²) < 4.78 is 5.67. The molecule has 7 heteroatoms. The van der Waals surface area contributed by atoms with Crippen molar-refractivity contribution in [2.45, 2.75) is 13.5 Å². The van der Waals surface area contributed by atoms with Crippen LogP contribution in [0.4, 0.5) is 5.82 Å². The maximum Gasteiger partial charge on any atom is 0.269 e. The van der Waals surface area contributed by atoms with Crippen molar-refractivity contribution in [3.63, 3.8) is 0 Å². The molecule has 0 aliphatic heterocycles. The number of amides is 1. The Morgan fingerprint density at radius 2 is 2.17 bits per heavy atom. The molecule has 0 aliphatic rings. The van der Waals surface area contributed by atoms with Crippen LogP contribution in [-0.4, -0.2) is 29.3 Å². The summed E-state index contributed by atoms with van der Waals surface area (Å²) in [6, 6.07) is 8.73. The molecule has 2 N–H and O–H groups in total. The van der Waals surface area contributed by atoms with Gasteiger partial charge < -0.3 is 15.4 Å². The second-order valence-corrected chi connectivity index (χ2v) is 5.44. The van der Waals surface area contributed by atoms with Crippen LogP contribution in [0.15, 0.2) is 43.0 Å². The highest BCUT2D eigenvalue weighted by atomic mass is 35.5. The van der Waals surface area contributed by atoms with Crippen molar-refractivity contribution in [1.82, 2.24) is 10.2 Å². The molecular weight excluding hydrogens is 328 g/mol. The summed E-state index contributed by atoms with van der Waals surface area (Å²) in [5, 5.41) is 8.54. The Morgan fingerprint density at radius 3 is 2.75 bits per heavy atom. The lowest BCUT2D eigenvalue weighted by Crippen LogP contribution is -2.24. The molecule has 0 bridgehead atoms. The van der Waals surface area contributed by atoms with Gasteiger partial charge in [-0.25, -0.2) is 0 Å². The summed E-state index contributed by atoms with van der Waals surface area (Å²) in [5.74, 6) is 0.767. The molecule has 0 radical (unpaired) electrons. The quantitative estimate of drug-likeness (QED) is 0.743. The fraction of sp³-hybridized carbons (Fsp3) is 0.235. The molecule has 0 saturated heterocycles. The van der Waals surface area contributed by atoms with Gasteiger partial charge in [-0.2, -0.15) is 0 Å². The first kappa shape index (κ1) is 17.7. The van der Waals surface area contributed by atoms with E-state index in [1.807, 2.05) is 24.0 Å². The van der Waals surface area contributed by atoms with E-state index in [2.05, 4.69) is 16.8 Å². The van der Waals surface area contributed by atoms with E-state index in [1.165, 1.54) is 0 Å². The van der Waals surface area contributed by atoms with Gasteiger partial charge in [0, 0.05) is 23.7 Å². The van der Waals surface area contributed by atoms with Gasteiger partial charge in [0.15, 0.2) is 11.5 Å². The lowest BCUT2D eigenvalue weighted by Gasteiger charge is -2.23. The number of benzene rings is 1. The van der Waals surface area contributed by atoms with E-state index in [4.69, 9.17) is 22.1 Å². The van der Waals surface area contributed by atoms with Crippen molar-refractivity contribution in [2.75, 3.05) is 18.1 Å². The van der Waals surface area contributed by atoms with E-state index < -0.39 is 5.91 Å². The van der Waals surface area contributed by atoms with Gasteiger partial charge in [-0.3, -0.25) is 4.79 Å². The molecule has 0 aliphatic carbocycles. The monoisotopic (exact) mass is 346 g/mol. The average molecular weight is 347 g/mol. The molecule has 0 unspecified atom stereocenters. The summed E-state index contributed by atoms with van der Waals surface area (Å²) in [6.07, 6.45) is 1.68. The van der Waals surface area contributed by atoms with E-state index in [9.17, 15) is 4.79 Å². The molecule has 0 spiro atoms. The van der Waals surface area contributed by atoms with Crippen LogP contribution in [-0.2, 0) is 6.54 Å². The number of nitrogens with two attached hydrogens (primary N) is 1. The zero-order chi connectivity index (χ0) is 17.5. The van der Waals surface area contributed by atoms with Crippen LogP contribution in [0.5, 0.6) is 5.75 Å². The van der Waals surface area contributed by atoms with Crippen LogP contribution in [0.2, 0.25) is 5.02 Å². The van der Waals surface area contributed by atoms with Crippen LogP contribution in [0.3, 0.4) is 0 Å². The molecular formula is C17H19ClN4O2. The molecule has 1 aromatic heterocycles. The summed E-state index contributed by atoms with van der Waals surface area (Å²) in [6.45, 7) is 7.29. The van der Waals surface area contributed by atoms with Crippen LogP contribution in [0.1, 0.15) is 23.0 Å². The maximum atomic E-state index is 11.1. The predicted molar refractivity (Wildman–Crippen MR) is 94.4 cm³/mol. The number of anilines is 1. The third kappa shape index (κ3) is 4.45. The Morgan fingerprint density at radius 1 is 1.38 bits per heavy atom. The minimum Gasteiger partial charge on any atom is -0.489 e. The SMILES string of the molecule is C=CCOc1ccc(Cl)cc1CN(CC)c1ccc(C(N)=O)nn1. The fourth-order valence-corrected chi connectivity index (χ4v) is 2.34. The van der Waals surface area contributed by atoms with Crippen molar-refractivity contribution >= 4 is 23.3 Å². The van der Waals surface area contributed by atoms with Gasteiger partial charge in [-0.15, -0.1) is 10.2 Å². The van der Waals surface area contributed by atoms with Crippen LogP contribution < -0.4 is 15.4 Å². The smallest absolute Gasteiger partial charge is 0.269 e. The second-order valence-electron chi connectivity index (χ2n) is 5.01. The van der Waals surface area contributed by atoms with E-state index in [1.54, 1.807) is 24.3 Å². The lowest BCUT2D eigenvalue weighted by atomic mass is 10.2. The molecule has 0 atom stereocenters. The molecule has 0 saturated carbocycles. The zero-order valence-electron chi connectivity index (χ0n) is 13.4. The third-order valence-corrected chi connectivity index (χ3v) is 3.58. The molecule has 6 nitrogen and oxygen atoms in total. The van der Waals surface area contributed by atoms with Crippen LogP contribution >= 0.6 is 11.6 Å². The van der Waals surface area contributed by atoms with E-state index in [-0.39, 0.29) is 5.69 Å². The number of halogens is 1. The van der Waals surface area contributed by atoms with Gasteiger partial charge >= 0.3 is 0 Å². The number of primary amides is 1. The molecule has 24 heavy (non-hydrogen) atoms. The first-order valence-electron chi connectivity index (χ1n) is 7.45. The molecule has 126 valence electrons. The summed E-state index contributed by atoms with van der Waals surface area (Å²) in [7, 11) is 0. The number of aromatic nitrogens is 2. The largest absolute Gasteiger partial charge is 0.489 e. The normalized spacial score (nSPS) is 10.2. The Kier molecular flexibility index (Phi) is 6.14. The number of hydrogen-bond acceptors (Lipinski definition) is 5. The Bertz CT molecular complexity index is 719. The van der Waals surface area contributed by atoms with Crippen LogP contribution in [0, 0.1) is 0 Å². The number of nitrogens with zero attached hydrogens (tertiary/aromatic N) is 3. The summed E-state index contributed by atoms with van der Waals surface area (Å²) in [5.41, 5.74) is 6.24. The molecule has 2 aromatic rings. The van der Waals surface area contributed by atoms with E-state index in [0.29, 0.717) is 30.5 Å². The Hall–Kier alpha value is -2.60. The van der Waals surface area contributed by atoms with Gasteiger partial charge in [0.1, 0.15) is 12.4 Å². The average Bonchev–Trinajstić information content (AvgIpc) is 2.59. The Balaban J connectivity index is 2.24. The second kappa shape index (κ2) is 8.31. The van der Waals surface area contributed by atoms with Crippen molar-refractivity contribution in [3.05, 3.63) is 59.3 Å². The van der Waals surface area contributed by atoms with E-state index >= 15 is 0 Å². The van der Waals surface area contributed by atoms with Gasteiger partial charge in [-0.1, -0.05) is 24.3 Å². The molecule has 2 rings (SSSR count). The zero-order valence-corrected chi connectivity index (χ0v) is 14.2. The molecule has 1 amide bonds. The van der Waals surface area contributed by atoms with Gasteiger partial charge in [-0.05, 0) is 37.3 Å². The van der Waals surface area contributed by atoms with Crippen molar-refractivity contribution in [1.29, 1.82) is 0 Å². The van der Waals surface area contributed by atoms with Crippen molar-refractivity contribution in [2.24, 2.45) is 5.73 Å². The molecule has 1 heterocycles. The summed E-state index contributed by atoms with van der Waals surface area (Å²) >= 11 is 6.11. The lowest BCUT2D eigenvalue weighted by molar-refractivity contribution is 0.0994. The predicted octanol–water partition coefficient (Wildman–Crippen LogP) is 2.82. The molecule has 1 aromatic carbocycles. The molecule has 0 fully saturated rings. The minimum atomic E-state index is -0.605. The van der Waals surface area contributed by atoms with Gasteiger partial charge in [0.2, 0.25) is 0 Å². The number of ether oxygens (including phenoxy) is 1. The van der Waals surface area contributed by atoms with Gasteiger partial charge in [0.05, 0.1) is 0 Å². The minimum absolute atomic E-state index is 0.132. The fourth-order valence-electron chi connectivity index (χ4n) is 2.15. The third-order valence-electron chi connectivity index (χ3n) is 3.35. The Labute approximate surface area is 145 Å². The standard InChI is InChI=1S/C17H19ClN4O2/c1-3-9-24-15-7-5-13(18)10-12(15)11-22(4-2)16-8-6-14(17(19)23)20-21-16/h3,5-8,10H,1,4,9,11H2,2H3,(H2,19,23). The summed E-state index contributed by atoms with van der Waals surface area (Å²) in [4.78, 5) is 13.1. The highest BCUT2D eigenvalue weighted by Crippen LogP contribution is 2.26. The number of carbonyl (C=O) groups is 1. The highest BCUT2D eigenvalue weighted by Gasteiger charge is 2.13.